The second-order valence-electron chi connectivity index (χ2n) is 4.53. The highest BCUT2D eigenvalue weighted by Crippen LogP contribution is 2.19. The van der Waals surface area contributed by atoms with Crippen molar-refractivity contribution in [2.75, 3.05) is 23.3 Å². The third-order valence-corrected chi connectivity index (χ3v) is 3.44. The van der Waals surface area contributed by atoms with Gasteiger partial charge >= 0.3 is 0 Å². The Kier molecular flexibility index (Phi) is 5.27. The summed E-state index contributed by atoms with van der Waals surface area (Å²) in [5.74, 6) is -0.254. The van der Waals surface area contributed by atoms with E-state index < -0.39 is 11.7 Å². The van der Waals surface area contributed by atoms with Gasteiger partial charge in [-0.2, -0.15) is 0 Å². The molecule has 1 amide bonds. The van der Waals surface area contributed by atoms with E-state index in [2.05, 4.69) is 15.5 Å². The summed E-state index contributed by atoms with van der Waals surface area (Å²) in [6, 6.07) is 7.30. The first-order valence-corrected chi connectivity index (χ1v) is 7.28. The Balaban J connectivity index is 2.11. The Bertz CT molecular complexity index is 659. The van der Waals surface area contributed by atoms with Gasteiger partial charge in [0, 0.05) is 18.8 Å². The molecule has 0 bridgehead atoms. The van der Waals surface area contributed by atoms with Crippen molar-refractivity contribution in [3.05, 3.63) is 46.9 Å². The van der Waals surface area contributed by atoms with Gasteiger partial charge in [0.1, 0.15) is 5.82 Å². The van der Waals surface area contributed by atoms with Gasteiger partial charge in [0.15, 0.2) is 11.5 Å². The number of hydrogen-bond acceptors (Lipinski definition) is 4. The second kappa shape index (κ2) is 7.17. The molecule has 0 radical (unpaired) electrons. The molecule has 0 aliphatic rings. The molecule has 1 heterocycles. The quantitative estimate of drug-likeness (QED) is 0.917. The molecule has 0 atom stereocenters. The maximum Gasteiger partial charge on any atom is 0.276 e. The number of nitrogens with zero attached hydrogens (tertiary/aromatic N) is 3. The fraction of sp³-hybridized carbons (Fsp3) is 0.267. The minimum Gasteiger partial charge on any atom is -0.356 e. The fourth-order valence-electron chi connectivity index (χ4n) is 1.93. The average Bonchev–Trinajstić information content (AvgIpc) is 2.53. The van der Waals surface area contributed by atoms with E-state index in [4.69, 9.17) is 11.6 Å². The van der Waals surface area contributed by atoms with Gasteiger partial charge < -0.3 is 10.2 Å². The largest absolute Gasteiger partial charge is 0.356 e. The van der Waals surface area contributed by atoms with Gasteiger partial charge in [-0.25, -0.2) is 4.39 Å². The monoisotopic (exact) mass is 322 g/mol. The lowest BCUT2D eigenvalue weighted by molar-refractivity contribution is 0.102. The minimum absolute atomic E-state index is 0.0548. The predicted octanol–water partition coefficient (Wildman–Crippen LogP) is 3.37. The van der Waals surface area contributed by atoms with Gasteiger partial charge in [-0.15, -0.1) is 10.2 Å². The summed E-state index contributed by atoms with van der Waals surface area (Å²) >= 11 is 5.67. The topological polar surface area (TPSA) is 58.1 Å². The van der Waals surface area contributed by atoms with E-state index in [0.717, 1.165) is 13.1 Å². The van der Waals surface area contributed by atoms with E-state index >= 15 is 0 Å². The molecule has 5 nitrogen and oxygen atoms in total. The third-order valence-electron chi connectivity index (χ3n) is 3.15. The van der Waals surface area contributed by atoms with Crippen LogP contribution in [0.1, 0.15) is 24.3 Å². The molecule has 0 aliphatic carbocycles. The zero-order chi connectivity index (χ0) is 16.1. The summed E-state index contributed by atoms with van der Waals surface area (Å²) in [5.41, 5.74) is 0.572. The van der Waals surface area contributed by atoms with Crippen LogP contribution in [0.2, 0.25) is 5.02 Å². The fourth-order valence-corrected chi connectivity index (χ4v) is 2.11. The van der Waals surface area contributed by atoms with Crippen molar-refractivity contribution in [3.8, 4) is 0 Å². The van der Waals surface area contributed by atoms with Gasteiger partial charge in [0.05, 0.1) is 5.02 Å². The number of carbonyl (C=O) groups excluding carboxylic acids is 1. The number of hydrogen-bond donors (Lipinski definition) is 1. The molecule has 1 aromatic carbocycles. The van der Waals surface area contributed by atoms with Crippen molar-refractivity contribution >= 4 is 29.0 Å². The van der Waals surface area contributed by atoms with Crippen LogP contribution >= 0.6 is 11.6 Å². The van der Waals surface area contributed by atoms with Gasteiger partial charge in [0.2, 0.25) is 0 Å². The SMILES string of the molecule is CCN(CC)c1ccc(C(=O)Nc2ccc(F)c(Cl)c2)nn1. The van der Waals surface area contributed by atoms with Crippen LogP contribution < -0.4 is 10.2 Å². The molecule has 1 aromatic heterocycles. The highest BCUT2D eigenvalue weighted by atomic mass is 35.5. The number of amides is 1. The van der Waals surface area contributed by atoms with Crippen LogP contribution in [-0.4, -0.2) is 29.2 Å². The molecule has 7 heteroatoms. The number of aromatic nitrogens is 2. The molecule has 0 fully saturated rings. The molecular weight excluding hydrogens is 307 g/mol. The highest BCUT2D eigenvalue weighted by molar-refractivity contribution is 6.31. The molecule has 22 heavy (non-hydrogen) atoms. The molecular formula is C15H16ClFN4O. The van der Waals surface area contributed by atoms with Gasteiger partial charge in [-0.1, -0.05) is 11.6 Å². The zero-order valence-electron chi connectivity index (χ0n) is 12.3. The maximum absolute atomic E-state index is 13.1. The lowest BCUT2D eigenvalue weighted by Gasteiger charge is -2.18. The smallest absolute Gasteiger partial charge is 0.276 e. The lowest BCUT2D eigenvalue weighted by Crippen LogP contribution is -2.24. The van der Waals surface area contributed by atoms with Crippen molar-refractivity contribution in [2.45, 2.75) is 13.8 Å². The Morgan fingerprint density at radius 1 is 1.23 bits per heavy atom. The Labute approximate surface area is 133 Å². The van der Waals surface area contributed by atoms with Crippen LogP contribution in [0.25, 0.3) is 0 Å². The van der Waals surface area contributed by atoms with E-state index in [1.807, 2.05) is 18.7 Å². The van der Waals surface area contributed by atoms with Crippen LogP contribution in [0.3, 0.4) is 0 Å². The highest BCUT2D eigenvalue weighted by Gasteiger charge is 2.11. The first-order chi connectivity index (χ1) is 10.5. The van der Waals surface area contributed by atoms with Gasteiger partial charge in [-0.3, -0.25) is 4.79 Å². The van der Waals surface area contributed by atoms with Crippen molar-refractivity contribution in [3.63, 3.8) is 0 Å². The predicted molar refractivity (Wildman–Crippen MR) is 85.0 cm³/mol. The number of anilines is 2. The number of nitrogens with one attached hydrogen (secondary N) is 1. The van der Waals surface area contributed by atoms with E-state index in [1.54, 1.807) is 12.1 Å². The second-order valence-corrected chi connectivity index (χ2v) is 4.94. The van der Waals surface area contributed by atoms with Crippen LogP contribution in [0, 0.1) is 5.82 Å². The summed E-state index contributed by atoms with van der Waals surface area (Å²) in [4.78, 5) is 14.1. The van der Waals surface area contributed by atoms with E-state index in [1.165, 1.54) is 18.2 Å². The summed E-state index contributed by atoms with van der Waals surface area (Å²) in [5, 5.41) is 10.5. The number of benzene rings is 1. The summed E-state index contributed by atoms with van der Waals surface area (Å²) < 4.78 is 13.1. The molecule has 0 spiro atoms. The van der Waals surface area contributed by atoms with Crippen LogP contribution in [0.5, 0.6) is 0 Å². The number of rotatable bonds is 5. The van der Waals surface area contributed by atoms with Gasteiger partial charge in [0.25, 0.3) is 5.91 Å². The van der Waals surface area contributed by atoms with Crippen molar-refractivity contribution < 1.29 is 9.18 Å². The van der Waals surface area contributed by atoms with Crippen LogP contribution in [-0.2, 0) is 0 Å². The lowest BCUT2D eigenvalue weighted by atomic mass is 10.3. The van der Waals surface area contributed by atoms with Gasteiger partial charge in [-0.05, 0) is 44.2 Å². The maximum atomic E-state index is 13.1. The first-order valence-electron chi connectivity index (χ1n) is 6.90. The standard InChI is InChI=1S/C15H16ClFN4O/c1-3-21(4-2)14-8-7-13(19-20-14)15(22)18-10-5-6-12(17)11(16)9-10/h5-9H,3-4H2,1-2H3,(H,18,22). The Morgan fingerprint density at radius 3 is 2.50 bits per heavy atom. The Morgan fingerprint density at radius 2 is 1.95 bits per heavy atom. The Hall–Kier alpha value is -2.21. The molecule has 0 saturated heterocycles. The number of carbonyl (C=O) groups is 1. The molecule has 1 N–H and O–H groups in total. The van der Waals surface area contributed by atoms with Crippen LogP contribution in [0.15, 0.2) is 30.3 Å². The molecule has 0 unspecified atom stereocenters. The van der Waals surface area contributed by atoms with E-state index in [-0.39, 0.29) is 10.7 Å². The van der Waals surface area contributed by atoms with Crippen LogP contribution in [0.4, 0.5) is 15.9 Å². The molecule has 2 aromatic rings. The zero-order valence-corrected chi connectivity index (χ0v) is 13.1. The first kappa shape index (κ1) is 16.2. The van der Waals surface area contributed by atoms with Crippen molar-refractivity contribution in [1.82, 2.24) is 10.2 Å². The average molecular weight is 323 g/mol. The number of halogens is 2. The van der Waals surface area contributed by atoms with Crippen molar-refractivity contribution in [1.29, 1.82) is 0 Å². The molecule has 2 rings (SSSR count). The summed E-state index contributed by atoms with van der Waals surface area (Å²) in [6.45, 7) is 5.66. The third kappa shape index (κ3) is 3.71. The molecule has 116 valence electrons. The molecule has 0 aliphatic heterocycles. The summed E-state index contributed by atoms with van der Waals surface area (Å²) in [6.07, 6.45) is 0. The minimum atomic E-state index is -0.539. The molecule has 0 saturated carbocycles. The normalized spacial score (nSPS) is 10.4. The summed E-state index contributed by atoms with van der Waals surface area (Å²) in [7, 11) is 0. The van der Waals surface area contributed by atoms with E-state index in [0.29, 0.717) is 11.5 Å². The van der Waals surface area contributed by atoms with Crippen molar-refractivity contribution in [2.24, 2.45) is 0 Å². The van der Waals surface area contributed by atoms with E-state index in [9.17, 15) is 9.18 Å².